The smallest absolute Gasteiger partial charge is 0.374 e. The Balaban J connectivity index is 0.00000116. The highest BCUT2D eigenvalue weighted by Crippen LogP contribution is 2.37. The zero-order valence-electron chi connectivity index (χ0n) is 13.9. The van der Waals surface area contributed by atoms with Crippen molar-refractivity contribution in [2.75, 3.05) is 18.5 Å². The summed E-state index contributed by atoms with van der Waals surface area (Å²) in [6.45, 7) is 7.20. The molecule has 1 aliphatic heterocycles. The Morgan fingerprint density at radius 3 is 2.36 bits per heavy atom. The zero-order valence-corrected chi connectivity index (χ0v) is 13.9. The molecule has 0 aliphatic carbocycles. The highest BCUT2D eigenvalue weighted by Gasteiger charge is 2.46. The largest absolute Gasteiger partial charge is 0.404 e. The van der Waals surface area contributed by atoms with Gasteiger partial charge in [-0.1, -0.05) is 31.8 Å². The molecular weight excluding hydrogens is 287 g/mol. The van der Waals surface area contributed by atoms with E-state index in [0.29, 0.717) is 5.56 Å². The number of fused-ring (bicyclic) bond motifs is 1. The number of benzene rings is 1. The molecule has 122 valence electrons. The lowest BCUT2D eigenvalue weighted by Crippen LogP contribution is -2.30. The van der Waals surface area contributed by atoms with Gasteiger partial charge in [0.05, 0.1) is 0 Å². The van der Waals surface area contributed by atoms with Crippen LogP contribution in [0.3, 0.4) is 0 Å². The fraction of sp³-hybridized carbons (Fsp3) is 0.556. The molecule has 2 rings (SSSR count). The first-order valence-corrected chi connectivity index (χ1v) is 7.65. The molecule has 0 spiro atoms. The van der Waals surface area contributed by atoms with E-state index in [-0.39, 0.29) is 0 Å². The molecule has 0 atom stereocenters. The quantitative estimate of drug-likeness (QED) is 0.607. The second-order valence-corrected chi connectivity index (χ2v) is 5.70. The van der Waals surface area contributed by atoms with Crippen molar-refractivity contribution in [2.45, 2.75) is 46.7 Å². The van der Waals surface area contributed by atoms with Gasteiger partial charge in [0.25, 0.3) is 0 Å². The van der Waals surface area contributed by atoms with E-state index in [9.17, 15) is 13.2 Å². The normalized spacial score (nSPS) is 14.3. The third-order valence-corrected chi connectivity index (χ3v) is 3.70. The summed E-state index contributed by atoms with van der Waals surface area (Å²) in [7, 11) is 1.99. The molecule has 0 bridgehead atoms. The maximum atomic E-state index is 12.8. The number of nitrogens with zero attached hydrogens (tertiary/aromatic N) is 1. The van der Waals surface area contributed by atoms with Crippen molar-refractivity contribution in [2.24, 2.45) is 5.41 Å². The number of rotatable bonds is 0. The van der Waals surface area contributed by atoms with Crippen molar-refractivity contribution in [3.63, 3.8) is 0 Å². The highest BCUT2D eigenvalue weighted by atomic mass is 19.4. The van der Waals surface area contributed by atoms with Gasteiger partial charge < -0.3 is 4.90 Å². The summed E-state index contributed by atoms with van der Waals surface area (Å²) in [5.74, 6) is 5.13. The molecule has 0 radical (unpaired) electrons. The minimum absolute atomic E-state index is 0.714. The van der Waals surface area contributed by atoms with Gasteiger partial charge in [-0.05, 0) is 44.4 Å². The minimum atomic E-state index is -4.31. The van der Waals surface area contributed by atoms with E-state index < -0.39 is 11.6 Å². The molecule has 0 N–H and O–H groups in total. The Labute approximate surface area is 131 Å². The summed E-state index contributed by atoms with van der Waals surface area (Å²) >= 11 is 0. The number of halogens is 3. The van der Waals surface area contributed by atoms with Crippen LogP contribution in [0.2, 0.25) is 0 Å². The molecule has 1 heterocycles. The maximum absolute atomic E-state index is 12.8. The lowest BCUT2D eigenvalue weighted by Gasteiger charge is -2.28. The van der Waals surface area contributed by atoms with Crippen LogP contribution in [0.25, 0.3) is 0 Å². The molecule has 4 heteroatoms. The summed E-state index contributed by atoms with van der Waals surface area (Å²) in [5, 5.41) is 0. The van der Waals surface area contributed by atoms with E-state index >= 15 is 0 Å². The lowest BCUT2D eigenvalue weighted by atomic mass is 9.91. The summed E-state index contributed by atoms with van der Waals surface area (Å²) in [6.07, 6.45) is -2.44. The van der Waals surface area contributed by atoms with Crippen LogP contribution in [0, 0.1) is 17.3 Å². The predicted molar refractivity (Wildman–Crippen MR) is 86.1 cm³/mol. The van der Waals surface area contributed by atoms with Crippen LogP contribution in [-0.2, 0) is 6.42 Å². The van der Waals surface area contributed by atoms with Crippen LogP contribution in [0.5, 0.6) is 0 Å². The molecule has 0 amide bonds. The first-order chi connectivity index (χ1) is 10.2. The monoisotopic (exact) mass is 311 g/mol. The maximum Gasteiger partial charge on any atom is 0.404 e. The van der Waals surface area contributed by atoms with Crippen molar-refractivity contribution in [1.29, 1.82) is 0 Å². The van der Waals surface area contributed by atoms with Crippen LogP contribution in [0.1, 0.15) is 45.2 Å². The SMILES string of the molecule is CC.CN1CCCc2c(C#CC(C)(C)C(F)(F)F)cccc21. The molecule has 0 fully saturated rings. The first-order valence-electron chi connectivity index (χ1n) is 7.65. The summed E-state index contributed by atoms with van der Waals surface area (Å²) in [6, 6.07) is 5.65. The van der Waals surface area contributed by atoms with Crippen molar-refractivity contribution in [1.82, 2.24) is 0 Å². The van der Waals surface area contributed by atoms with Gasteiger partial charge in [0.1, 0.15) is 5.41 Å². The fourth-order valence-corrected chi connectivity index (χ4v) is 2.22. The fourth-order valence-electron chi connectivity index (χ4n) is 2.22. The van der Waals surface area contributed by atoms with Gasteiger partial charge in [-0.3, -0.25) is 0 Å². The predicted octanol–water partition coefficient (Wildman–Crippen LogP) is 5.04. The standard InChI is InChI=1S/C16H18F3N.C2H6/c1-15(2,16(17,18)19)10-9-12-6-4-8-14-13(12)7-5-11-20(14)3;1-2/h4,6,8H,5,7,11H2,1-3H3;1-2H3. The van der Waals surface area contributed by atoms with Crippen molar-refractivity contribution >= 4 is 5.69 Å². The van der Waals surface area contributed by atoms with E-state index in [0.717, 1.165) is 44.5 Å². The van der Waals surface area contributed by atoms with E-state index in [4.69, 9.17) is 0 Å². The number of alkyl halides is 3. The van der Waals surface area contributed by atoms with Crippen LogP contribution in [-0.4, -0.2) is 19.8 Å². The lowest BCUT2D eigenvalue weighted by molar-refractivity contribution is -0.190. The van der Waals surface area contributed by atoms with E-state index in [1.54, 1.807) is 6.07 Å². The van der Waals surface area contributed by atoms with E-state index in [1.807, 2.05) is 33.0 Å². The van der Waals surface area contributed by atoms with Gasteiger partial charge >= 0.3 is 6.18 Å². The first kappa shape index (κ1) is 18.4. The van der Waals surface area contributed by atoms with Crippen molar-refractivity contribution in [3.8, 4) is 11.8 Å². The Kier molecular flexibility index (Phi) is 5.93. The van der Waals surface area contributed by atoms with Crippen LogP contribution >= 0.6 is 0 Å². The highest BCUT2D eigenvalue weighted by molar-refractivity contribution is 5.61. The Hall–Kier alpha value is -1.63. The number of hydrogen-bond donors (Lipinski definition) is 0. The molecule has 1 aromatic carbocycles. The van der Waals surface area contributed by atoms with E-state index in [1.165, 1.54) is 0 Å². The topological polar surface area (TPSA) is 3.24 Å². The van der Waals surface area contributed by atoms with Crippen LogP contribution in [0.15, 0.2) is 18.2 Å². The molecular formula is C18H24F3N. The van der Waals surface area contributed by atoms with Crippen LogP contribution in [0.4, 0.5) is 18.9 Å². The molecule has 22 heavy (non-hydrogen) atoms. The molecule has 0 unspecified atom stereocenters. The van der Waals surface area contributed by atoms with Crippen LogP contribution < -0.4 is 4.90 Å². The molecule has 1 aliphatic rings. The van der Waals surface area contributed by atoms with Gasteiger partial charge in [0.15, 0.2) is 0 Å². The Morgan fingerprint density at radius 2 is 1.77 bits per heavy atom. The molecule has 1 nitrogen and oxygen atoms in total. The molecule has 0 saturated carbocycles. The average Bonchev–Trinajstić information content (AvgIpc) is 2.46. The Morgan fingerprint density at radius 1 is 1.14 bits per heavy atom. The van der Waals surface area contributed by atoms with Gasteiger partial charge in [-0.15, -0.1) is 0 Å². The Bertz CT molecular complexity index is 562. The van der Waals surface area contributed by atoms with Gasteiger partial charge in [-0.25, -0.2) is 0 Å². The van der Waals surface area contributed by atoms with Gasteiger partial charge in [0.2, 0.25) is 0 Å². The van der Waals surface area contributed by atoms with E-state index in [2.05, 4.69) is 16.7 Å². The number of hydrogen-bond acceptors (Lipinski definition) is 1. The second kappa shape index (κ2) is 7.09. The number of anilines is 1. The van der Waals surface area contributed by atoms with Gasteiger partial charge in [-0.2, -0.15) is 13.2 Å². The molecule has 0 saturated heterocycles. The zero-order chi connectivity index (χ0) is 17.0. The summed E-state index contributed by atoms with van der Waals surface area (Å²) in [4.78, 5) is 2.12. The second-order valence-electron chi connectivity index (χ2n) is 5.70. The minimum Gasteiger partial charge on any atom is -0.374 e. The third kappa shape index (κ3) is 3.97. The molecule has 1 aromatic rings. The summed E-state index contributed by atoms with van der Waals surface area (Å²) in [5.41, 5.74) is 0.863. The van der Waals surface area contributed by atoms with Crippen molar-refractivity contribution in [3.05, 3.63) is 29.3 Å². The van der Waals surface area contributed by atoms with Gasteiger partial charge in [0, 0.05) is 24.8 Å². The van der Waals surface area contributed by atoms with Crippen molar-refractivity contribution < 1.29 is 13.2 Å². The third-order valence-electron chi connectivity index (χ3n) is 3.70. The summed E-state index contributed by atoms with van der Waals surface area (Å²) < 4.78 is 38.5. The molecule has 0 aromatic heterocycles. The average molecular weight is 311 g/mol.